The molecule has 0 bridgehead atoms. The summed E-state index contributed by atoms with van der Waals surface area (Å²) >= 11 is 0. The van der Waals surface area contributed by atoms with E-state index in [2.05, 4.69) is 114 Å². The van der Waals surface area contributed by atoms with Crippen molar-refractivity contribution in [3.63, 3.8) is 0 Å². The highest BCUT2D eigenvalue weighted by Crippen LogP contribution is 2.40. The summed E-state index contributed by atoms with van der Waals surface area (Å²) in [6, 6.07) is 59.3. The van der Waals surface area contributed by atoms with Crippen molar-refractivity contribution in [2.45, 2.75) is 0 Å². The van der Waals surface area contributed by atoms with Crippen LogP contribution in [0.4, 0.5) is 0 Å². The van der Waals surface area contributed by atoms with Crippen molar-refractivity contribution in [2.24, 2.45) is 0 Å². The van der Waals surface area contributed by atoms with E-state index in [-0.39, 0.29) is 0 Å². The van der Waals surface area contributed by atoms with Gasteiger partial charge in [-0.1, -0.05) is 127 Å². The van der Waals surface area contributed by atoms with Crippen LogP contribution in [0.5, 0.6) is 0 Å². The number of rotatable bonds is 5. The first-order chi connectivity index (χ1) is 23.3. The lowest BCUT2D eigenvalue weighted by Gasteiger charge is -2.11. The van der Waals surface area contributed by atoms with Crippen LogP contribution in [0, 0.1) is 0 Å². The molecule has 0 aliphatic carbocycles. The molecule has 4 nitrogen and oxygen atoms in total. The van der Waals surface area contributed by atoms with Gasteiger partial charge in [0, 0.05) is 33.2 Å². The van der Waals surface area contributed by atoms with Crippen LogP contribution in [0.15, 0.2) is 170 Å². The Labute approximate surface area is 272 Å². The Kier molecular flexibility index (Phi) is 6.43. The monoisotopic (exact) mass is 600 g/mol. The molecule has 0 fully saturated rings. The number of fused-ring (bicyclic) bond motifs is 4. The Hall–Kier alpha value is -6.39. The predicted molar refractivity (Wildman–Crippen MR) is 193 cm³/mol. The Bertz CT molecular complexity index is 2480. The third-order valence-corrected chi connectivity index (χ3v) is 8.83. The molecular weight excluding hydrogens is 573 g/mol. The Balaban J connectivity index is 1.23. The highest BCUT2D eigenvalue weighted by atomic mass is 15.0. The zero-order valence-electron chi connectivity index (χ0n) is 25.5. The molecule has 0 unspecified atom stereocenters. The molecule has 2 heterocycles. The van der Waals surface area contributed by atoms with Crippen LogP contribution in [0.1, 0.15) is 0 Å². The maximum Gasteiger partial charge on any atom is 0.164 e. The fraction of sp³-hybridized carbons (Fsp3) is 0. The Morgan fingerprint density at radius 3 is 1.43 bits per heavy atom. The third-order valence-electron chi connectivity index (χ3n) is 8.83. The lowest BCUT2D eigenvalue weighted by atomic mass is 9.98. The fourth-order valence-electron chi connectivity index (χ4n) is 6.59. The predicted octanol–water partition coefficient (Wildman–Crippen LogP) is 10.8. The van der Waals surface area contributed by atoms with E-state index in [1.54, 1.807) is 0 Å². The summed E-state index contributed by atoms with van der Waals surface area (Å²) in [6.45, 7) is 0. The van der Waals surface area contributed by atoms with Gasteiger partial charge in [0.05, 0.1) is 11.0 Å². The Morgan fingerprint density at radius 2 is 0.851 bits per heavy atom. The van der Waals surface area contributed by atoms with Gasteiger partial charge >= 0.3 is 0 Å². The van der Waals surface area contributed by atoms with Crippen molar-refractivity contribution in [3.05, 3.63) is 170 Å². The van der Waals surface area contributed by atoms with Crippen molar-refractivity contribution in [1.82, 2.24) is 19.5 Å². The first kappa shape index (κ1) is 27.0. The standard InChI is InChI=1S/C43H28N4/c1-4-13-29(14-5-1)36-21-12-22-38-40(36)37-27-33-19-10-11-20-34(33)28-39(37)47(38)35-25-23-32(24-26-35)43-45-41(30-15-6-2-7-16-30)44-42(46-43)31-17-8-3-9-18-31/h1-28H. The molecule has 47 heavy (non-hydrogen) atoms. The number of hydrogen-bond donors (Lipinski definition) is 0. The fourth-order valence-corrected chi connectivity index (χ4v) is 6.59. The van der Waals surface area contributed by atoms with E-state index in [9.17, 15) is 0 Å². The van der Waals surface area contributed by atoms with E-state index in [0.717, 1.165) is 22.4 Å². The second-order valence-corrected chi connectivity index (χ2v) is 11.7. The van der Waals surface area contributed by atoms with E-state index in [1.165, 1.54) is 43.7 Å². The molecule has 0 saturated heterocycles. The molecule has 0 radical (unpaired) electrons. The molecule has 2 aromatic heterocycles. The minimum atomic E-state index is 0.642. The quantitative estimate of drug-likeness (QED) is 0.197. The lowest BCUT2D eigenvalue weighted by Crippen LogP contribution is -2.00. The maximum atomic E-state index is 4.94. The molecule has 0 spiro atoms. The average molecular weight is 601 g/mol. The van der Waals surface area contributed by atoms with E-state index in [1.807, 2.05) is 60.7 Å². The van der Waals surface area contributed by atoms with Gasteiger partial charge in [0.25, 0.3) is 0 Å². The van der Waals surface area contributed by atoms with Crippen LogP contribution in [-0.2, 0) is 0 Å². The van der Waals surface area contributed by atoms with Crippen molar-refractivity contribution in [1.29, 1.82) is 0 Å². The van der Waals surface area contributed by atoms with Crippen LogP contribution < -0.4 is 0 Å². The number of nitrogens with zero attached hydrogens (tertiary/aromatic N) is 4. The van der Waals surface area contributed by atoms with Gasteiger partial charge in [0.15, 0.2) is 17.5 Å². The minimum Gasteiger partial charge on any atom is -0.309 e. The van der Waals surface area contributed by atoms with Gasteiger partial charge in [-0.25, -0.2) is 15.0 Å². The number of hydrogen-bond acceptors (Lipinski definition) is 3. The molecule has 0 N–H and O–H groups in total. The van der Waals surface area contributed by atoms with Crippen molar-refractivity contribution in [2.75, 3.05) is 0 Å². The lowest BCUT2D eigenvalue weighted by molar-refractivity contribution is 1.07. The van der Waals surface area contributed by atoms with E-state index in [4.69, 9.17) is 15.0 Å². The van der Waals surface area contributed by atoms with Gasteiger partial charge in [-0.2, -0.15) is 0 Å². The summed E-state index contributed by atoms with van der Waals surface area (Å²) in [4.78, 5) is 14.7. The van der Waals surface area contributed by atoms with Gasteiger partial charge in [-0.3, -0.25) is 0 Å². The van der Waals surface area contributed by atoms with Gasteiger partial charge in [-0.15, -0.1) is 0 Å². The third kappa shape index (κ3) is 4.75. The average Bonchev–Trinajstić information content (AvgIpc) is 3.48. The van der Waals surface area contributed by atoms with Gasteiger partial charge in [0.1, 0.15) is 0 Å². The first-order valence-corrected chi connectivity index (χ1v) is 15.8. The van der Waals surface area contributed by atoms with Crippen LogP contribution >= 0.6 is 0 Å². The van der Waals surface area contributed by atoms with Crippen LogP contribution in [0.2, 0.25) is 0 Å². The molecule has 9 aromatic rings. The molecule has 7 aromatic carbocycles. The smallest absolute Gasteiger partial charge is 0.164 e. The highest BCUT2D eigenvalue weighted by Gasteiger charge is 2.18. The zero-order valence-corrected chi connectivity index (χ0v) is 25.5. The molecule has 0 aliphatic rings. The molecule has 4 heteroatoms. The summed E-state index contributed by atoms with van der Waals surface area (Å²) in [5, 5.41) is 4.94. The van der Waals surface area contributed by atoms with Crippen molar-refractivity contribution < 1.29 is 0 Å². The normalized spacial score (nSPS) is 11.4. The van der Waals surface area contributed by atoms with Gasteiger partial charge in [-0.05, 0) is 64.4 Å². The van der Waals surface area contributed by atoms with Crippen molar-refractivity contribution >= 4 is 32.6 Å². The molecule has 0 amide bonds. The van der Waals surface area contributed by atoms with E-state index in [0.29, 0.717) is 17.5 Å². The molecule has 220 valence electrons. The van der Waals surface area contributed by atoms with Crippen molar-refractivity contribution in [3.8, 4) is 51.0 Å². The van der Waals surface area contributed by atoms with E-state index < -0.39 is 0 Å². The zero-order chi connectivity index (χ0) is 31.2. The SMILES string of the molecule is c1ccc(-c2nc(-c3ccccc3)nc(-c3ccc(-n4c5cc6ccccc6cc5c5c(-c6ccccc6)cccc54)cc3)n2)cc1. The maximum absolute atomic E-state index is 4.94. The summed E-state index contributed by atoms with van der Waals surface area (Å²) in [5.74, 6) is 1.95. The summed E-state index contributed by atoms with van der Waals surface area (Å²) in [6.07, 6.45) is 0. The molecule has 0 atom stereocenters. The van der Waals surface area contributed by atoms with E-state index >= 15 is 0 Å². The Morgan fingerprint density at radius 1 is 0.362 bits per heavy atom. The summed E-state index contributed by atoms with van der Waals surface area (Å²) < 4.78 is 2.38. The largest absolute Gasteiger partial charge is 0.309 e. The topological polar surface area (TPSA) is 43.6 Å². The first-order valence-electron chi connectivity index (χ1n) is 15.8. The highest BCUT2D eigenvalue weighted by molar-refractivity contribution is 6.18. The van der Waals surface area contributed by atoms with Gasteiger partial charge < -0.3 is 4.57 Å². The van der Waals surface area contributed by atoms with Crippen LogP contribution in [-0.4, -0.2) is 19.5 Å². The van der Waals surface area contributed by atoms with Crippen LogP contribution in [0.3, 0.4) is 0 Å². The van der Waals surface area contributed by atoms with Crippen LogP contribution in [0.25, 0.3) is 83.6 Å². The molecule has 9 rings (SSSR count). The minimum absolute atomic E-state index is 0.642. The molecule has 0 saturated carbocycles. The second-order valence-electron chi connectivity index (χ2n) is 11.7. The molecule has 0 aliphatic heterocycles. The number of aromatic nitrogens is 4. The number of benzene rings is 7. The molecular formula is C43H28N4. The van der Waals surface area contributed by atoms with Gasteiger partial charge in [0.2, 0.25) is 0 Å². The summed E-state index contributed by atoms with van der Waals surface area (Å²) in [7, 11) is 0. The second kappa shape index (κ2) is 11.2. The summed E-state index contributed by atoms with van der Waals surface area (Å²) in [5.41, 5.74) is 8.70.